The number of sulfonamides is 1. The molecule has 0 aromatic heterocycles. The average Bonchev–Trinajstić information content (AvgIpc) is 3.69. The van der Waals surface area contributed by atoms with E-state index in [4.69, 9.17) is 23.2 Å². The Labute approximate surface area is 224 Å². The highest BCUT2D eigenvalue weighted by molar-refractivity contribution is 7.90. The van der Waals surface area contributed by atoms with Crippen molar-refractivity contribution < 1.29 is 13.2 Å². The smallest absolute Gasteiger partial charge is 0.229 e. The van der Waals surface area contributed by atoms with Crippen molar-refractivity contribution >= 4 is 39.1 Å². The molecule has 1 aliphatic heterocycles. The number of amides is 1. The number of hydrogen-bond acceptors (Lipinski definition) is 3. The minimum Gasteiger partial charge on any atom is -0.330 e. The Hall–Kier alpha value is -1.86. The summed E-state index contributed by atoms with van der Waals surface area (Å²) in [6.45, 7) is 8.08. The predicted octanol–water partition coefficient (Wildman–Crippen LogP) is 6.49. The third kappa shape index (κ3) is 5.67. The van der Waals surface area contributed by atoms with Crippen LogP contribution in [0.2, 0.25) is 10.0 Å². The van der Waals surface area contributed by atoms with Gasteiger partial charge in [-0.25, -0.2) is 13.1 Å². The Bertz CT molecular complexity index is 1210. The number of carbonyl (C=O) groups excluding carboxylic acids is 1. The molecule has 4 atom stereocenters. The molecule has 36 heavy (non-hydrogen) atoms. The molecule has 2 fully saturated rings. The zero-order chi connectivity index (χ0) is 26.1. The van der Waals surface area contributed by atoms with Gasteiger partial charge in [-0.3, -0.25) is 4.79 Å². The van der Waals surface area contributed by atoms with Crippen LogP contribution in [0.3, 0.4) is 0 Å². The van der Waals surface area contributed by atoms with E-state index >= 15 is 0 Å². The van der Waals surface area contributed by atoms with Gasteiger partial charge in [0.1, 0.15) is 0 Å². The molecule has 1 aliphatic carbocycles. The highest BCUT2D eigenvalue weighted by atomic mass is 35.5. The number of allylic oxidation sites excluding steroid dienone is 1. The van der Waals surface area contributed by atoms with Gasteiger partial charge in [0.05, 0.1) is 16.7 Å². The molecule has 4 rings (SSSR count). The number of nitrogens with one attached hydrogen (secondary N) is 1. The first-order valence-electron chi connectivity index (χ1n) is 12.5. The van der Waals surface area contributed by atoms with Gasteiger partial charge in [0.2, 0.25) is 15.9 Å². The zero-order valence-corrected chi connectivity index (χ0v) is 23.1. The number of piperidine rings is 1. The van der Waals surface area contributed by atoms with E-state index in [1.807, 2.05) is 61.2 Å². The van der Waals surface area contributed by atoms with Crippen molar-refractivity contribution in [3.8, 4) is 0 Å². The van der Waals surface area contributed by atoms with Crippen molar-refractivity contribution in [3.63, 3.8) is 0 Å². The van der Waals surface area contributed by atoms with Crippen molar-refractivity contribution in [1.82, 2.24) is 9.62 Å². The van der Waals surface area contributed by atoms with Crippen LogP contribution in [-0.2, 0) is 14.8 Å². The summed E-state index contributed by atoms with van der Waals surface area (Å²) in [4.78, 5) is 16.2. The van der Waals surface area contributed by atoms with Gasteiger partial charge in [-0.05, 0) is 67.5 Å². The summed E-state index contributed by atoms with van der Waals surface area (Å²) in [5.74, 6) is -0.0419. The van der Waals surface area contributed by atoms with Crippen molar-refractivity contribution in [2.24, 2.45) is 5.41 Å². The molecule has 1 N–H and O–H groups in total. The monoisotopic (exact) mass is 548 g/mol. The molecule has 8 heteroatoms. The molecule has 2 aliphatic rings. The Morgan fingerprint density at radius 3 is 2.42 bits per heavy atom. The fraction of sp³-hybridized carbons (Fsp3) is 0.464. The number of nitrogens with zero attached hydrogens (tertiary/aromatic N) is 1. The Morgan fingerprint density at radius 2 is 1.83 bits per heavy atom. The van der Waals surface area contributed by atoms with Gasteiger partial charge >= 0.3 is 0 Å². The second kappa shape index (κ2) is 10.9. The van der Waals surface area contributed by atoms with Crippen LogP contribution in [0, 0.1) is 5.41 Å². The van der Waals surface area contributed by atoms with E-state index in [0.29, 0.717) is 42.1 Å². The number of rotatable bonds is 10. The lowest BCUT2D eigenvalue weighted by Gasteiger charge is -2.52. The van der Waals surface area contributed by atoms with E-state index in [0.717, 1.165) is 11.1 Å². The number of hydrogen-bond donors (Lipinski definition) is 1. The maximum atomic E-state index is 14.3. The number of benzene rings is 2. The molecule has 1 saturated heterocycles. The van der Waals surface area contributed by atoms with Crippen LogP contribution in [-0.4, -0.2) is 37.1 Å². The third-order valence-corrected chi connectivity index (χ3v) is 9.94. The molecule has 2 aromatic rings. The van der Waals surface area contributed by atoms with Crippen LogP contribution in [0.4, 0.5) is 0 Å². The second-order valence-electron chi connectivity index (χ2n) is 10.3. The maximum Gasteiger partial charge on any atom is 0.229 e. The average molecular weight is 550 g/mol. The summed E-state index contributed by atoms with van der Waals surface area (Å²) < 4.78 is 28.1. The van der Waals surface area contributed by atoms with Gasteiger partial charge in [0, 0.05) is 28.5 Å². The van der Waals surface area contributed by atoms with Crippen molar-refractivity contribution in [3.05, 3.63) is 82.4 Å². The molecular formula is C28H34Cl2N2O3S. The number of halogens is 2. The van der Waals surface area contributed by atoms with Gasteiger partial charge in [-0.15, -0.1) is 6.58 Å². The van der Waals surface area contributed by atoms with Crippen LogP contribution in [0.25, 0.3) is 0 Å². The summed E-state index contributed by atoms with van der Waals surface area (Å²) in [5, 5.41) is 0.942. The normalized spacial score (nSPS) is 25.6. The van der Waals surface area contributed by atoms with E-state index in [-0.39, 0.29) is 35.7 Å². The highest BCUT2D eigenvalue weighted by Gasteiger charge is 2.51. The van der Waals surface area contributed by atoms with Gasteiger partial charge in [0.15, 0.2) is 0 Å². The van der Waals surface area contributed by atoms with Crippen LogP contribution < -0.4 is 4.72 Å². The molecule has 0 spiro atoms. The minimum absolute atomic E-state index is 0.0121. The van der Waals surface area contributed by atoms with Gasteiger partial charge in [-0.2, -0.15) is 0 Å². The van der Waals surface area contributed by atoms with Crippen molar-refractivity contribution in [2.45, 2.75) is 69.2 Å². The third-order valence-electron chi connectivity index (χ3n) is 7.53. The predicted molar refractivity (Wildman–Crippen MR) is 147 cm³/mol. The first kappa shape index (κ1) is 27.2. The molecule has 2 aromatic carbocycles. The topological polar surface area (TPSA) is 66.5 Å². The molecule has 1 amide bonds. The molecule has 1 saturated carbocycles. The van der Waals surface area contributed by atoms with Crippen LogP contribution >= 0.6 is 23.2 Å². The van der Waals surface area contributed by atoms with Crippen molar-refractivity contribution in [1.29, 1.82) is 0 Å². The molecule has 5 nitrogen and oxygen atoms in total. The maximum absolute atomic E-state index is 14.3. The molecule has 0 radical (unpaired) electrons. The Morgan fingerprint density at radius 1 is 1.14 bits per heavy atom. The van der Waals surface area contributed by atoms with E-state index in [2.05, 4.69) is 17.4 Å². The number of likely N-dealkylation sites (tertiary alicyclic amines) is 1. The summed E-state index contributed by atoms with van der Waals surface area (Å²) in [6.07, 6.45) is 4.93. The highest BCUT2D eigenvalue weighted by Crippen LogP contribution is 2.52. The van der Waals surface area contributed by atoms with Crippen LogP contribution in [0.5, 0.6) is 0 Å². The summed E-state index contributed by atoms with van der Waals surface area (Å²) >= 11 is 12.6. The Balaban J connectivity index is 1.82. The molecule has 0 bridgehead atoms. The quantitative estimate of drug-likeness (QED) is 0.345. The molecule has 1 heterocycles. The largest absolute Gasteiger partial charge is 0.330 e. The summed E-state index contributed by atoms with van der Waals surface area (Å²) in [7, 11) is -3.39. The van der Waals surface area contributed by atoms with Crippen LogP contribution in [0.1, 0.15) is 69.0 Å². The summed E-state index contributed by atoms with van der Waals surface area (Å²) in [5.41, 5.74) is 1.33. The molecule has 0 unspecified atom stereocenters. The van der Waals surface area contributed by atoms with E-state index in [1.165, 1.54) is 0 Å². The second-order valence-corrected chi connectivity index (χ2v) is 13.2. The van der Waals surface area contributed by atoms with Crippen LogP contribution in [0.15, 0.2) is 61.2 Å². The summed E-state index contributed by atoms with van der Waals surface area (Å²) in [6, 6.07) is 14.8. The van der Waals surface area contributed by atoms with E-state index in [1.54, 1.807) is 6.08 Å². The van der Waals surface area contributed by atoms with Gasteiger partial charge < -0.3 is 4.90 Å². The standard InChI is InChI=1S/C28H34Cl2N2O3S/c1-4-15-28(3)17-25(20-7-6-8-22(30)16-20)26(19-9-11-21(29)12-10-19)32(27(28)33)23(5-2)18-31-36(34,35)24-13-14-24/h4,6-12,16,23-26,31H,1,5,13-15,17-18H2,2-3H3/t23-,25+,26+,28-/m0/s1. The van der Waals surface area contributed by atoms with Crippen molar-refractivity contribution in [2.75, 3.05) is 6.54 Å². The lowest BCUT2D eigenvalue weighted by Crippen LogP contribution is -2.57. The fourth-order valence-electron chi connectivity index (χ4n) is 5.44. The minimum atomic E-state index is -3.39. The number of carbonyl (C=O) groups is 1. The fourth-order valence-corrected chi connectivity index (χ4v) is 7.18. The van der Waals surface area contributed by atoms with Gasteiger partial charge in [-0.1, -0.05) is 67.4 Å². The van der Waals surface area contributed by atoms with E-state index < -0.39 is 15.4 Å². The first-order valence-corrected chi connectivity index (χ1v) is 14.8. The molecular weight excluding hydrogens is 515 g/mol. The lowest BCUT2D eigenvalue weighted by molar-refractivity contribution is -0.154. The first-order chi connectivity index (χ1) is 17.1. The van der Waals surface area contributed by atoms with Gasteiger partial charge in [0.25, 0.3) is 0 Å². The van der Waals surface area contributed by atoms with E-state index in [9.17, 15) is 13.2 Å². The lowest BCUT2D eigenvalue weighted by atomic mass is 9.67. The Kier molecular flexibility index (Phi) is 8.20. The zero-order valence-electron chi connectivity index (χ0n) is 20.8. The SMILES string of the molecule is C=CC[C@@]1(C)C[C@H](c2cccc(Cl)c2)[C@@H](c2ccc(Cl)cc2)N([C@@H](CC)CNS(=O)(=O)C2CC2)C1=O. The molecule has 194 valence electrons.